The third-order valence-corrected chi connectivity index (χ3v) is 5.35. The minimum atomic E-state index is -4.96. The summed E-state index contributed by atoms with van der Waals surface area (Å²) in [6.45, 7) is 0. The van der Waals surface area contributed by atoms with Gasteiger partial charge in [0.15, 0.2) is 0 Å². The molecule has 0 saturated heterocycles. The van der Waals surface area contributed by atoms with Gasteiger partial charge in [-0.25, -0.2) is 0 Å². The molecule has 1 aliphatic carbocycles. The Labute approximate surface area is 211 Å². The number of rotatable bonds is 4. The molecule has 0 radical (unpaired) electrons. The van der Waals surface area contributed by atoms with Crippen LogP contribution in [0.3, 0.4) is 0 Å². The molecule has 1 saturated carbocycles. The molecule has 2 aromatic carbocycles. The molecule has 0 amide bonds. The van der Waals surface area contributed by atoms with E-state index in [1.807, 2.05) is 0 Å². The van der Waals surface area contributed by atoms with Crippen LogP contribution in [0.1, 0.15) is 60.3 Å². The summed E-state index contributed by atoms with van der Waals surface area (Å²) in [4.78, 5) is 3.81. The average molecular weight is 608 g/mol. The number of halogens is 8. The van der Waals surface area contributed by atoms with Crippen LogP contribution in [-0.4, -0.2) is 18.4 Å². The van der Waals surface area contributed by atoms with E-state index in [2.05, 4.69) is 4.99 Å². The summed E-state index contributed by atoms with van der Waals surface area (Å²) in [7, 11) is 11.3. The molecule has 0 aliphatic heterocycles. The van der Waals surface area contributed by atoms with Gasteiger partial charge in [0, 0.05) is 17.3 Å². The Morgan fingerprint density at radius 3 is 1.94 bits per heavy atom. The molecule has 0 heterocycles. The molecule has 1 aliphatic rings. The van der Waals surface area contributed by atoms with E-state index in [1.54, 1.807) is 6.07 Å². The molecule has 0 atom stereocenters. The molecule has 3 rings (SSSR count). The zero-order chi connectivity index (χ0) is 25.5. The van der Waals surface area contributed by atoms with Crippen molar-refractivity contribution in [2.75, 3.05) is 7.11 Å². The van der Waals surface area contributed by atoms with E-state index >= 15 is 0 Å². The summed E-state index contributed by atoms with van der Waals surface area (Å²) in [6.07, 6.45) is -3.99. The number of hydrogen-bond acceptors (Lipinski definition) is 3. The van der Waals surface area contributed by atoms with E-state index < -0.39 is 50.0 Å². The fraction of sp³-hybridized carbons (Fsp3) is 0.409. The molecule has 0 unspecified atom stereocenters. The topological polar surface area (TPSA) is 41.8 Å². The molecule has 34 heavy (non-hydrogen) atoms. The summed E-state index contributed by atoms with van der Waals surface area (Å²) >= 11 is -0.826. The van der Waals surface area contributed by atoms with Gasteiger partial charge in [0.1, 0.15) is 11.5 Å². The number of aromatic hydroxyl groups is 1. The quantitative estimate of drug-likeness (QED) is 0.279. The Kier molecular flexibility index (Phi) is 10.8. The monoisotopic (exact) mass is 605 g/mol. The van der Waals surface area contributed by atoms with Crippen molar-refractivity contribution < 1.29 is 57.0 Å². The van der Waals surface area contributed by atoms with Gasteiger partial charge >= 0.3 is 50.2 Å². The van der Waals surface area contributed by atoms with Crippen LogP contribution < -0.4 is 4.74 Å². The Morgan fingerprint density at radius 1 is 0.941 bits per heavy atom. The van der Waals surface area contributed by atoms with Crippen molar-refractivity contribution in [1.82, 2.24) is 0 Å². The van der Waals surface area contributed by atoms with E-state index in [9.17, 15) is 31.4 Å². The van der Waals surface area contributed by atoms with Gasteiger partial charge in [-0.3, -0.25) is 4.99 Å². The molecule has 12 heteroatoms. The van der Waals surface area contributed by atoms with Crippen molar-refractivity contribution >= 4 is 28.9 Å². The zero-order valence-electron chi connectivity index (χ0n) is 17.9. The Bertz CT molecular complexity index is 960. The van der Waals surface area contributed by atoms with Crippen LogP contribution >= 0.6 is 17.0 Å². The van der Waals surface area contributed by atoms with Crippen LogP contribution in [0.2, 0.25) is 0 Å². The first kappa shape index (κ1) is 29.0. The predicted molar refractivity (Wildman–Crippen MR) is 116 cm³/mol. The Balaban J connectivity index is 0.00000129. The van der Waals surface area contributed by atoms with E-state index in [0.717, 1.165) is 38.3 Å². The third-order valence-electron chi connectivity index (χ3n) is 5.35. The number of ether oxygens (including phenoxy) is 1. The summed E-state index contributed by atoms with van der Waals surface area (Å²) in [6, 6.07) is 4.25. The van der Waals surface area contributed by atoms with Gasteiger partial charge in [-0.1, -0.05) is 19.3 Å². The molecule has 0 aromatic heterocycles. The fourth-order valence-corrected chi connectivity index (χ4v) is 3.75. The molecule has 0 spiro atoms. The van der Waals surface area contributed by atoms with Crippen LogP contribution in [0.25, 0.3) is 0 Å². The first-order valence-electron chi connectivity index (χ1n) is 10.1. The number of benzene rings is 2. The van der Waals surface area contributed by atoms with Crippen LogP contribution in [0, 0.1) is 0 Å². The van der Waals surface area contributed by atoms with Crippen LogP contribution in [0.5, 0.6) is 11.5 Å². The van der Waals surface area contributed by atoms with Crippen LogP contribution in [0.15, 0.2) is 35.3 Å². The van der Waals surface area contributed by atoms with Crippen molar-refractivity contribution in [1.29, 1.82) is 0 Å². The SMILES string of the molecule is COc1cc(C=Nc2cc(C(F)(F)F)cc(C(F)(F)F)c2)c(O)c(C2CCCCC2)c1.[Cl][Zr][Cl]. The number of phenolic OH excluding ortho intramolecular Hbond substituents is 1. The standard InChI is InChI=1S/C22H21F6NO2.2ClH.Zr/c1-31-18-7-14(20(30)19(11-18)13-5-3-2-4-6-13)12-29-17-9-15(21(23,24)25)8-16(10-17)22(26,27)28;;;/h7-13,30H,2-6H2,1H3;2*1H;/q;;;+2/p-2. The maximum atomic E-state index is 13.0. The normalized spacial score (nSPS) is 15.1. The first-order valence-corrected chi connectivity index (χ1v) is 16.4. The second-order valence-electron chi connectivity index (χ2n) is 7.58. The van der Waals surface area contributed by atoms with E-state index in [4.69, 9.17) is 21.8 Å². The first-order chi connectivity index (χ1) is 15.9. The summed E-state index contributed by atoms with van der Waals surface area (Å²) < 4.78 is 83.5. The molecule has 0 bridgehead atoms. The number of alkyl halides is 6. The molecule has 2 aromatic rings. The van der Waals surface area contributed by atoms with Crippen molar-refractivity contribution in [2.45, 2.75) is 50.4 Å². The number of phenols is 1. The van der Waals surface area contributed by atoms with E-state index in [0.29, 0.717) is 23.4 Å². The molecule has 3 nitrogen and oxygen atoms in total. The second-order valence-corrected chi connectivity index (χ2v) is 11.3. The Hall–Kier alpha value is -1.25. The van der Waals surface area contributed by atoms with Gasteiger partial charge in [0.05, 0.1) is 23.9 Å². The van der Waals surface area contributed by atoms with Crippen LogP contribution in [-0.2, 0) is 33.2 Å². The molecule has 1 fully saturated rings. The summed E-state index contributed by atoms with van der Waals surface area (Å²) in [5.41, 5.74) is -2.63. The molecule has 186 valence electrons. The predicted octanol–water partition coefficient (Wildman–Crippen LogP) is 8.61. The average Bonchev–Trinajstić information content (AvgIpc) is 2.78. The zero-order valence-corrected chi connectivity index (χ0v) is 21.9. The van der Waals surface area contributed by atoms with Gasteiger partial charge in [-0.05, 0) is 49.1 Å². The van der Waals surface area contributed by atoms with Crippen molar-refractivity contribution in [3.05, 3.63) is 52.6 Å². The summed E-state index contributed by atoms with van der Waals surface area (Å²) in [5, 5.41) is 10.7. The van der Waals surface area contributed by atoms with Crippen molar-refractivity contribution in [3.63, 3.8) is 0 Å². The summed E-state index contributed by atoms with van der Waals surface area (Å²) in [5.74, 6) is 0.417. The van der Waals surface area contributed by atoms with Gasteiger partial charge < -0.3 is 9.84 Å². The number of nitrogens with zero attached hydrogens (tertiary/aromatic N) is 1. The van der Waals surface area contributed by atoms with Gasteiger partial charge in [-0.15, -0.1) is 0 Å². The number of methoxy groups -OCH3 is 1. The van der Waals surface area contributed by atoms with Crippen LogP contribution in [0.4, 0.5) is 32.0 Å². The maximum absolute atomic E-state index is 13.0. The van der Waals surface area contributed by atoms with Crippen molar-refractivity contribution in [2.24, 2.45) is 4.99 Å². The molecule has 1 N–H and O–H groups in total. The van der Waals surface area contributed by atoms with Gasteiger partial charge in [-0.2, -0.15) is 26.3 Å². The number of aliphatic imine (C=N–C) groups is 1. The van der Waals surface area contributed by atoms with E-state index in [-0.39, 0.29) is 23.3 Å². The molecular formula is C22H21Cl2F6NO2Zr. The molecular weight excluding hydrogens is 586 g/mol. The second kappa shape index (κ2) is 12.6. The third kappa shape index (κ3) is 8.16. The minimum absolute atomic E-state index is 0.0449. The van der Waals surface area contributed by atoms with Gasteiger partial charge in [0.2, 0.25) is 0 Å². The number of hydrogen-bond donors (Lipinski definition) is 1. The van der Waals surface area contributed by atoms with Crippen molar-refractivity contribution in [3.8, 4) is 11.5 Å². The fourth-order valence-electron chi connectivity index (χ4n) is 3.75. The van der Waals surface area contributed by atoms with E-state index in [1.165, 1.54) is 13.2 Å². The van der Waals surface area contributed by atoms with Gasteiger partial charge in [0.25, 0.3) is 0 Å². The Morgan fingerprint density at radius 2 is 1.47 bits per heavy atom.